The number of piperazine rings is 1. The van der Waals surface area contributed by atoms with Crippen molar-refractivity contribution in [2.24, 2.45) is 4.99 Å². The smallest absolute Gasteiger partial charge is 0.395 e. The number of aliphatic hydroxyl groups excluding tert-OH is 1. The molecule has 5 nitrogen and oxygen atoms in total. The molecule has 0 aromatic heterocycles. The van der Waals surface area contributed by atoms with Crippen molar-refractivity contribution in [2.75, 3.05) is 59.0 Å². The van der Waals surface area contributed by atoms with Crippen molar-refractivity contribution >= 4 is 6.08 Å². The summed E-state index contributed by atoms with van der Waals surface area (Å²) in [6.07, 6.45) is -0.568. The zero-order chi connectivity index (χ0) is 19.3. The van der Waals surface area contributed by atoms with Crippen molar-refractivity contribution in [2.45, 2.75) is 6.18 Å². The summed E-state index contributed by atoms with van der Waals surface area (Å²) in [7, 11) is 0. The van der Waals surface area contributed by atoms with Gasteiger partial charge in [0.1, 0.15) is 0 Å². The van der Waals surface area contributed by atoms with Crippen molar-refractivity contribution < 1.29 is 18.3 Å². The van der Waals surface area contributed by atoms with E-state index in [2.05, 4.69) is 20.1 Å². The van der Waals surface area contributed by atoms with Crippen molar-refractivity contribution in [1.82, 2.24) is 15.1 Å². The number of aliphatic hydroxyl groups is 1. The zero-order valence-electron chi connectivity index (χ0n) is 15.2. The molecule has 1 fully saturated rings. The summed E-state index contributed by atoms with van der Waals surface area (Å²) < 4.78 is 38.3. The third-order valence-electron chi connectivity index (χ3n) is 4.87. The van der Waals surface area contributed by atoms with Gasteiger partial charge in [-0.05, 0) is 23.8 Å². The summed E-state index contributed by atoms with van der Waals surface area (Å²) in [5.41, 5.74) is 0.290. The van der Waals surface area contributed by atoms with Crippen LogP contribution in [0.15, 0.2) is 35.0 Å². The monoisotopic (exact) mass is 382 g/mol. The van der Waals surface area contributed by atoms with Crippen molar-refractivity contribution in [3.05, 3.63) is 46.1 Å². The summed E-state index contributed by atoms with van der Waals surface area (Å²) in [5.74, 6) is 0. The minimum Gasteiger partial charge on any atom is -0.395 e. The van der Waals surface area contributed by atoms with E-state index in [0.717, 1.165) is 63.5 Å². The van der Waals surface area contributed by atoms with Gasteiger partial charge in [0.05, 0.1) is 24.1 Å². The molecule has 148 valence electrons. The van der Waals surface area contributed by atoms with E-state index >= 15 is 0 Å². The Balaban J connectivity index is 1.49. The van der Waals surface area contributed by atoms with Gasteiger partial charge in [0.2, 0.25) is 0 Å². The molecule has 0 aliphatic carbocycles. The first-order valence-corrected chi connectivity index (χ1v) is 9.17. The Bertz CT molecular complexity index is 783. The minimum absolute atomic E-state index is 0.206. The lowest BCUT2D eigenvalue weighted by atomic mass is 10.1. The lowest BCUT2D eigenvalue weighted by molar-refractivity contribution is -0.137. The molecule has 1 aromatic carbocycles. The maximum atomic E-state index is 12.8. The van der Waals surface area contributed by atoms with Crippen LogP contribution in [-0.2, 0) is 6.18 Å². The highest BCUT2D eigenvalue weighted by Crippen LogP contribution is 2.27. The first-order chi connectivity index (χ1) is 13.0. The molecule has 2 aliphatic heterocycles. The number of hydrogen-bond donors (Lipinski definition) is 2. The van der Waals surface area contributed by atoms with Gasteiger partial charge in [-0.3, -0.25) is 14.8 Å². The summed E-state index contributed by atoms with van der Waals surface area (Å²) in [5, 5.41) is 13.3. The largest absolute Gasteiger partial charge is 0.416 e. The lowest BCUT2D eigenvalue weighted by Crippen LogP contribution is -2.48. The number of alkyl halides is 3. The highest BCUT2D eigenvalue weighted by atomic mass is 19.4. The van der Waals surface area contributed by atoms with Crippen LogP contribution in [0, 0.1) is 0 Å². The average molecular weight is 382 g/mol. The van der Waals surface area contributed by atoms with Crippen LogP contribution < -0.4 is 15.9 Å². The Morgan fingerprint density at radius 2 is 1.81 bits per heavy atom. The van der Waals surface area contributed by atoms with Crippen LogP contribution in [0.2, 0.25) is 0 Å². The molecule has 0 spiro atoms. The Morgan fingerprint density at radius 1 is 1.11 bits per heavy atom. The number of nitrogens with zero attached hydrogens (tertiary/aromatic N) is 3. The molecule has 8 heteroatoms. The second-order valence-corrected chi connectivity index (χ2v) is 6.81. The van der Waals surface area contributed by atoms with Crippen molar-refractivity contribution in [1.29, 1.82) is 0 Å². The van der Waals surface area contributed by atoms with Crippen LogP contribution in [0.4, 0.5) is 13.2 Å². The standard InChI is InChI=1S/C19H25F3N4O/c20-19(21,22)17-2-1-16-11-15(14-24-18(16)12-17)13-23-3-4-25-5-7-26(8-6-25)9-10-27/h1-2,11-13,23,27H,3-10,14H2. The van der Waals surface area contributed by atoms with Crippen LogP contribution in [0.25, 0.3) is 6.08 Å². The SMILES string of the molecule is OCCN1CCN(CCNC=C2C=c3ccc(C(F)(F)F)cc3=NC2)CC1. The van der Waals surface area contributed by atoms with Crippen molar-refractivity contribution in [3.8, 4) is 0 Å². The number of β-amino-alcohol motifs (C(OH)–C–C–N with tert-alkyl or cyclic N) is 1. The molecule has 0 unspecified atom stereocenters. The van der Waals surface area contributed by atoms with E-state index in [9.17, 15) is 13.2 Å². The predicted octanol–water partition coefficient (Wildman–Crippen LogP) is 0.203. The number of rotatable bonds is 6. The fraction of sp³-hybridized carbons (Fsp3) is 0.526. The van der Waals surface area contributed by atoms with Crippen LogP contribution >= 0.6 is 0 Å². The maximum absolute atomic E-state index is 12.8. The van der Waals surface area contributed by atoms with Gasteiger partial charge in [-0.25, -0.2) is 0 Å². The van der Waals surface area contributed by atoms with E-state index in [1.54, 1.807) is 0 Å². The van der Waals surface area contributed by atoms with Gasteiger partial charge in [-0.15, -0.1) is 0 Å². The third kappa shape index (κ3) is 5.54. The van der Waals surface area contributed by atoms with Crippen LogP contribution in [-0.4, -0.2) is 73.9 Å². The molecule has 2 aliphatic rings. The molecule has 0 bridgehead atoms. The van der Waals surface area contributed by atoms with E-state index in [4.69, 9.17) is 5.11 Å². The van der Waals surface area contributed by atoms with Gasteiger partial charge in [0.15, 0.2) is 0 Å². The van der Waals surface area contributed by atoms with Gasteiger partial charge in [0, 0.05) is 57.2 Å². The predicted molar refractivity (Wildman–Crippen MR) is 97.6 cm³/mol. The highest BCUT2D eigenvalue weighted by molar-refractivity contribution is 5.49. The number of halogens is 3. The zero-order valence-corrected chi connectivity index (χ0v) is 15.2. The molecule has 0 radical (unpaired) electrons. The number of fused-ring (bicyclic) bond motifs is 1. The van der Waals surface area contributed by atoms with E-state index in [1.165, 1.54) is 6.07 Å². The van der Waals surface area contributed by atoms with Gasteiger partial charge in [-0.1, -0.05) is 6.07 Å². The molecule has 2 N–H and O–H groups in total. The van der Waals surface area contributed by atoms with Gasteiger partial charge in [-0.2, -0.15) is 13.2 Å². The highest BCUT2D eigenvalue weighted by Gasteiger charge is 2.30. The second kappa shape index (κ2) is 8.86. The molecule has 0 atom stereocenters. The van der Waals surface area contributed by atoms with Crippen LogP contribution in [0.3, 0.4) is 0 Å². The van der Waals surface area contributed by atoms with Gasteiger partial charge < -0.3 is 10.4 Å². The Labute approximate surface area is 156 Å². The molecule has 1 saturated heterocycles. The number of hydrogen-bond acceptors (Lipinski definition) is 5. The molecule has 27 heavy (non-hydrogen) atoms. The van der Waals surface area contributed by atoms with E-state index in [0.29, 0.717) is 17.1 Å². The second-order valence-electron chi connectivity index (χ2n) is 6.81. The Morgan fingerprint density at radius 3 is 2.48 bits per heavy atom. The first-order valence-electron chi connectivity index (χ1n) is 9.17. The first kappa shape index (κ1) is 19.9. The third-order valence-corrected chi connectivity index (χ3v) is 4.87. The minimum atomic E-state index is -4.34. The summed E-state index contributed by atoms with van der Waals surface area (Å²) in [4.78, 5) is 8.90. The van der Waals surface area contributed by atoms with Gasteiger partial charge >= 0.3 is 6.18 Å². The van der Waals surface area contributed by atoms with Crippen molar-refractivity contribution in [3.63, 3.8) is 0 Å². The number of nitrogens with one attached hydrogen (secondary N) is 1. The Kier molecular flexibility index (Phi) is 6.51. The summed E-state index contributed by atoms with van der Waals surface area (Å²) >= 11 is 0. The van der Waals surface area contributed by atoms with Gasteiger partial charge in [0.25, 0.3) is 0 Å². The molecule has 0 amide bonds. The quantitative estimate of drug-likeness (QED) is 0.691. The Hall–Kier alpha value is -1.90. The average Bonchev–Trinajstić information content (AvgIpc) is 2.65. The van der Waals surface area contributed by atoms with E-state index < -0.39 is 11.7 Å². The molecule has 0 saturated carbocycles. The molecular formula is C19H25F3N4O. The van der Waals surface area contributed by atoms with E-state index in [1.807, 2.05) is 12.3 Å². The van der Waals surface area contributed by atoms with E-state index in [-0.39, 0.29) is 6.61 Å². The fourth-order valence-electron chi connectivity index (χ4n) is 3.29. The normalized spacial score (nSPS) is 20.1. The molecule has 2 heterocycles. The molecule has 1 aromatic rings. The maximum Gasteiger partial charge on any atom is 0.416 e. The molecule has 3 rings (SSSR count). The summed E-state index contributed by atoms with van der Waals surface area (Å²) in [6.45, 7) is 7.00. The topological polar surface area (TPSA) is 51.1 Å². The fourth-order valence-corrected chi connectivity index (χ4v) is 3.29. The molecular weight excluding hydrogens is 357 g/mol. The number of benzene rings is 1. The lowest BCUT2D eigenvalue weighted by Gasteiger charge is -2.34. The van der Waals surface area contributed by atoms with Crippen LogP contribution in [0.5, 0.6) is 0 Å². The van der Waals surface area contributed by atoms with Crippen LogP contribution in [0.1, 0.15) is 5.56 Å². The summed E-state index contributed by atoms with van der Waals surface area (Å²) in [6, 6.07) is 3.67.